The van der Waals surface area contributed by atoms with Gasteiger partial charge in [-0.2, -0.15) is 0 Å². The van der Waals surface area contributed by atoms with E-state index in [0.717, 1.165) is 6.42 Å². The molecule has 1 amide bonds. The van der Waals surface area contributed by atoms with Gasteiger partial charge in [0.05, 0.1) is 26.7 Å². The summed E-state index contributed by atoms with van der Waals surface area (Å²) in [6, 6.07) is 0. The summed E-state index contributed by atoms with van der Waals surface area (Å²) >= 11 is 0. The van der Waals surface area contributed by atoms with Crippen molar-refractivity contribution in [3.05, 3.63) is 0 Å². The fourth-order valence-corrected chi connectivity index (χ4v) is 5.04. The van der Waals surface area contributed by atoms with E-state index in [4.69, 9.17) is 13.6 Å². The highest BCUT2D eigenvalue weighted by molar-refractivity contribution is 7.48. The first-order chi connectivity index (χ1) is 12.8. The summed E-state index contributed by atoms with van der Waals surface area (Å²) in [5.74, 6) is -0.272. The predicted molar refractivity (Wildman–Crippen MR) is 99.0 cm³/mol. The molecule has 0 aromatic carbocycles. The molecule has 2 rings (SSSR count). The van der Waals surface area contributed by atoms with Gasteiger partial charge in [-0.3, -0.25) is 23.2 Å². The standard InChI is InChI=1S/C18H32NO7P/c1-18(2)13-25-27(22,24-12-10-14-7-5-4-6-8-14)26-16(18)17(21)19-11-9-15(20)23-3/h14,16H,4-13H2,1-3H3,(H,19,21)/t16-,27?/m0/s1. The predicted octanol–water partition coefficient (Wildman–Crippen LogP) is 3.20. The number of methoxy groups -OCH3 is 1. The molecule has 1 aliphatic carbocycles. The molecule has 8 nitrogen and oxygen atoms in total. The van der Waals surface area contributed by atoms with Crippen LogP contribution in [0.25, 0.3) is 0 Å². The number of carbonyl (C=O) groups is 2. The molecule has 1 saturated heterocycles. The Morgan fingerprint density at radius 2 is 1.93 bits per heavy atom. The number of hydrogen-bond acceptors (Lipinski definition) is 7. The Bertz CT molecular complexity index is 560. The van der Waals surface area contributed by atoms with Crippen LogP contribution in [0.5, 0.6) is 0 Å². The maximum Gasteiger partial charge on any atom is 0.475 e. The summed E-state index contributed by atoms with van der Waals surface area (Å²) < 4.78 is 33.7. The lowest BCUT2D eigenvalue weighted by molar-refractivity contribution is -0.143. The zero-order chi connectivity index (χ0) is 19.9. The first kappa shape index (κ1) is 22.3. The molecule has 0 spiro atoms. The van der Waals surface area contributed by atoms with Gasteiger partial charge >= 0.3 is 13.8 Å². The van der Waals surface area contributed by atoms with Gasteiger partial charge in [0.2, 0.25) is 5.91 Å². The maximum atomic E-state index is 12.8. The highest BCUT2D eigenvalue weighted by atomic mass is 31.2. The summed E-state index contributed by atoms with van der Waals surface area (Å²) in [7, 11) is -2.49. The zero-order valence-corrected chi connectivity index (χ0v) is 17.4. The zero-order valence-electron chi connectivity index (χ0n) is 16.5. The SMILES string of the molecule is COC(=O)CCNC(=O)[C@@H]1OP(=O)(OCCC2CCCCC2)OCC1(C)C. The summed E-state index contributed by atoms with van der Waals surface area (Å²) in [6.45, 7) is 4.09. The fourth-order valence-electron chi connectivity index (χ4n) is 3.38. The molecule has 0 aromatic rings. The first-order valence-corrected chi connectivity index (χ1v) is 11.1. The molecule has 0 bridgehead atoms. The van der Waals surface area contributed by atoms with Gasteiger partial charge in [-0.1, -0.05) is 46.0 Å². The maximum absolute atomic E-state index is 12.8. The monoisotopic (exact) mass is 405 g/mol. The van der Waals surface area contributed by atoms with E-state index in [1.54, 1.807) is 13.8 Å². The van der Waals surface area contributed by atoms with Gasteiger partial charge in [-0.25, -0.2) is 4.57 Å². The number of amides is 1. The molecular formula is C18H32NO7P. The highest BCUT2D eigenvalue weighted by Crippen LogP contribution is 2.57. The van der Waals surface area contributed by atoms with E-state index in [9.17, 15) is 14.2 Å². The van der Waals surface area contributed by atoms with Gasteiger partial charge in [-0.15, -0.1) is 0 Å². The van der Waals surface area contributed by atoms with Crippen LogP contribution < -0.4 is 5.32 Å². The molecule has 1 aliphatic heterocycles. The Hall–Kier alpha value is -0.950. The highest BCUT2D eigenvalue weighted by Gasteiger charge is 2.49. The number of nitrogens with one attached hydrogen (secondary N) is 1. The van der Waals surface area contributed by atoms with E-state index < -0.39 is 31.2 Å². The molecule has 2 atom stereocenters. The van der Waals surface area contributed by atoms with E-state index in [2.05, 4.69) is 10.1 Å². The number of phosphoric acid groups is 1. The van der Waals surface area contributed by atoms with Gasteiger partial charge in [0.25, 0.3) is 0 Å². The van der Waals surface area contributed by atoms with Gasteiger partial charge in [0.1, 0.15) is 0 Å². The molecule has 9 heteroatoms. The molecule has 27 heavy (non-hydrogen) atoms. The van der Waals surface area contributed by atoms with Crippen LogP contribution in [0.2, 0.25) is 0 Å². The lowest BCUT2D eigenvalue weighted by atomic mass is 9.87. The van der Waals surface area contributed by atoms with Crippen molar-refractivity contribution in [2.75, 3.05) is 26.9 Å². The molecule has 1 heterocycles. The molecule has 1 unspecified atom stereocenters. The number of ether oxygens (including phenoxy) is 1. The van der Waals surface area contributed by atoms with Crippen LogP contribution in [-0.2, 0) is 32.5 Å². The van der Waals surface area contributed by atoms with Crippen molar-refractivity contribution in [3.8, 4) is 0 Å². The third-order valence-corrected chi connectivity index (χ3v) is 6.55. The molecule has 2 aliphatic rings. The van der Waals surface area contributed by atoms with Crippen LogP contribution >= 0.6 is 7.82 Å². The minimum absolute atomic E-state index is 0.0570. The molecule has 0 radical (unpaired) electrons. The Morgan fingerprint density at radius 3 is 2.59 bits per heavy atom. The van der Waals surface area contributed by atoms with Crippen LogP contribution in [0.15, 0.2) is 0 Å². The molecular weight excluding hydrogens is 373 g/mol. The average Bonchev–Trinajstić information content (AvgIpc) is 2.64. The molecule has 2 fully saturated rings. The normalized spacial score (nSPS) is 28.5. The van der Waals surface area contributed by atoms with E-state index >= 15 is 0 Å². The minimum Gasteiger partial charge on any atom is -0.469 e. The molecule has 1 saturated carbocycles. The van der Waals surface area contributed by atoms with Crippen molar-refractivity contribution < 1.29 is 32.5 Å². The van der Waals surface area contributed by atoms with E-state index in [-0.39, 0.29) is 19.6 Å². The van der Waals surface area contributed by atoms with Gasteiger partial charge in [0.15, 0.2) is 6.10 Å². The Kier molecular flexibility index (Phi) is 8.28. The second-order valence-electron chi connectivity index (χ2n) is 7.94. The number of hydrogen-bond donors (Lipinski definition) is 1. The summed E-state index contributed by atoms with van der Waals surface area (Å²) in [5.41, 5.74) is -0.671. The quantitative estimate of drug-likeness (QED) is 0.489. The van der Waals surface area contributed by atoms with Gasteiger partial charge in [0, 0.05) is 12.0 Å². The number of carbonyl (C=O) groups excluding carboxylic acids is 2. The van der Waals surface area contributed by atoms with Crippen LogP contribution in [0, 0.1) is 11.3 Å². The van der Waals surface area contributed by atoms with Crippen LogP contribution in [0.4, 0.5) is 0 Å². The topological polar surface area (TPSA) is 100 Å². The Morgan fingerprint density at radius 1 is 1.22 bits per heavy atom. The number of phosphoric ester groups is 1. The second-order valence-corrected chi connectivity index (χ2v) is 9.56. The average molecular weight is 405 g/mol. The fraction of sp³-hybridized carbons (Fsp3) is 0.889. The lowest BCUT2D eigenvalue weighted by Crippen LogP contribution is -2.50. The summed E-state index contributed by atoms with van der Waals surface area (Å²) in [5, 5.41) is 2.62. The smallest absolute Gasteiger partial charge is 0.469 e. The number of esters is 1. The lowest BCUT2D eigenvalue weighted by Gasteiger charge is -2.39. The van der Waals surface area contributed by atoms with Crippen LogP contribution in [0.3, 0.4) is 0 Å². The van der Waals surface area contributed by atoms with Crippen molar-refractivity contribution in [3.63, 3.8) is 0 Å². The van der Waals surface area contributed by atoms with E-state index in [1.807, 2.05) is 0 Å². The summed E-state index contributed by atoms with van der Waals surface area (Å²) in [6.07, 6.45) is 5.99. The largest absolute Gasteiger partial charge is 0.475 e. The van der Waals surface area contributed by atoms with Crippen molar-refractivity contribution >= 4 is 19.7 Å². The van der Waals surface area contributed by atoms with Crippen molar-refractivity contribution in [2.45, 2.75) is 64.9 Å². The number of rotatable bonds is 8. The van der Waals surface area contributed by atoms with Crippen molar-refractivity contribution in [2.24, 2.45) is 11.3 Å². The van der Waals surface area contributed by atoms with Crippen molar-refractivity contribution in [1.29, 1.82) is 0 Å². The Labute approximate surface area is 161 Å². The van der Waals surface area contributed by atoms with E-state index in [1.165, 1.54) is 39.2 Å². The van der Waals surface area contributed by atoms with Crippen LogP contribution in [-0.4, -0.2) is 44.8 Å². The van der Waals surface area contributed by atoms with Crippen LogP contribution in [0.1, 0.15) is 58.8 Å². The molecule has 1 N–H and O–H groups in total. The first-order valence-electron chi connectivity index (χ1n) is 9.68. The third-order valence-electron chi connectivity index (χ3n) is 5.13. The molecule has 0 aromatic heterocycles. The van der Waals surface area contributed by atoms with Crippen molar-refractivity contribution in [1.82, 2.24) is 5.32 Å². The molecule has 156 valence electrons. The second kappa shape index (κ2) is 10.0. The minimum atomic E-state index is -3.78. The summed E-state index contributed by atoms with van der Waals surface area (Å²) in [4.78, 5) is 23.6. The third kappa shape index (κ3) is 6.86. The van der Waals surface area contributed by atoms with Gasteiger partial charge < -0.3 is 10.1 Å². The van der Waals surface area contributed by atoms with Gasteiger partial charge in [-0.05, 0) is 12.3 Å². The van der Waals surface area contributed by atoms with E-state index in [0.29, 0.717) is 12.5 Å². The Balaban J connectivity index is 1.85.